The lowest BCUT2D eigenvalue weighted by atomic mass is 9.67. The number of nitrogens with zero attached hydrogens (tertiary/aromatic N) is 2. The van der Waals surface area contributed by atoms with E-state index in [0.717, 1.165) is 39.3 Å². The average molecular weight is 655 g/mol. The maximum atomic E-state index is 5.72. The summed E-state index contributed by atoms with van der Waals surface area (Å²) in [5.41, 5.74) is 13.4. The fourth-order valence-corrected chi connectivity index (χ4v) is 8.17. The second-order valence-corrected chi connectivity index (χ2v) is 13.0. The highest BCUT2D eigenvalue weighted by Gasteiger charge is 2.47. The summed E-state index contributed by atoms with van der Waals surface area (Å²) in [4.78, 5) is 8.33. The molecule has 0 radical (unpaired) electrons. The minimum atomic E-state index is -0.590. The van der Waals surface area contributed by atoms with Gasteiger partial charge in [-0.3, -0.25) is 0 Å². The molecule has 4 nitrogen and oxygen atoms in total. The van der Waals surface area contributed by atoms with Crippen LogP contribution in [-0.2, 0) is 5.41 Å². The summed E-state index contributed by atoms with van der Waals surface area (Å²) >= 11 is 0. The summed E-state index contributed by atoms with van der Waals surface area (Å²) in [5, 5.41) is 2.43. The van der Waals surface area contributed by atoms with Gasteiger partial charge in [0.2, 0.25) is 0 Å². The van der Waals surface area contributed by atoms with Crippen LogP contribution in [0.2, 0.25) is 0 Å². The average Bonchev–Trinajstić information content (AvgIpc) is 4.00. The molecule has 0 aliphatic heterocycles. The molecular weight excluding hydrogens is 625 g/mol. The number of benzene rings is 7. The summed E-state index contributed by atoms with van der Waals surface area (Å²) in [5.74, 6) is 1.50. The third-order valence-corrected chi connectivity index (χ3v) is 10.4. The molecule has 2 heterocycles. The fraction of sp³-hybridized carbons (Fsp3) is 0.0213. The van der Waals surface area contributed by atoms with E-state index < -0.39 is 5.41 Å². The van der Waals surface area contributed by atoms with Crippen LogP contribution in [0.5, 0.6) is 0 Å². The first-order chi connectivity index (χ1) is 25.3. The maximum absolute atomic E-state index is 5.72. The van der Waals surface area contributed by atoms with Crippen LogP contribution < -0.4 is 0 Å². The second-order valence-electron chi connectivity index (χ2n) is 13.0. The van der Waals surface area contributed by atoms with Crippen LogP contribution in [0.15, 0.2) is 192 Å². The molecule has 0 N–H and O–H groups in total. The van der Waals surface area contributed by atoms with Crippen molar-refractivity contribution in [2.24, 2.45) is 0 Å². The van der Waals surface area contributed by atoms with Gasteiger partial charge < -0.3 is 8.83 Å². The second kappa shape index (κ2) is 11.7. The molecule has 0 saturated carbocycles. The Labute approximate surface area is 295 Å². The fourth-order valence-electron chi connectivity index (χ4n) is 8.17. The minimum Gasteiger partial charge on any atom is -0.444 e. The lowest BCUT2D eigenvalue weighted by molar-refractivity contribution is 0.571. The van der Waals surface area contributed by atoms with Gasteiger partial charge in [-0.2, -0.15) is 0 Å². The van der Waals surface area contributed by atoms with Crippen molar-refractivity contribution in [2.75, 3.05) is 0 Å². The molecule has 2 aromatic heterocycles. The smallest absolute Gasteiger partial charge is 0.181 e. The quantitative estimate of drug-likeness (QED) is 0.179. The first-order valence-electron chi connectivity index (χ1n) is 17.1. The molecule has 0 amide bonds. The molecule has 4 heteroatoms. The van der Waals surface area contributed by atoms with E-state index >= 15 is 0 Å². The van der Waals surface area contributed by atoms with Crippen molar-refractivity contribution in [2.45, 2.75) is 5.41 Å². The Kier molecular flexibility index (Phi) is 6.68. The van der Waals surface area contributed by atoms with Gasteiger partial charge >= 0.3 is 0 Å². The third-order valence-electron chi connectivity index (χ3n) is 10.4. The van der Waals surface area contributed by atoms with Crippen LogP contribution in [0.25, 0.3) is 66.8 Å². The molecule has 0 bridgehead atoms. The molecule has 1 aliphatic rings. The zero-order valence-corrected chi connectivity index (χ0v) is 27.5. The summed E-state index contributed by atoms with van der Waals surface area (Å²) in [6, 6.07) is 57.3. The van der Waals surface area contributed by atoms with Crippen LogP contribution >= 0.6 is 0 Å². The van der Waals surface area contributed by atoms with Crippen molar-refractivity contribution in [1.29, 1.82) is 0 Å². The highest BCUT2D eigenvalue weighted by atomic mass is 16.3. The van der Waals surface area contributed by atoms with Crippen molar-refractivity contribution < 1.29 is 8.83 Å². The molecule has 10 rings (SSSR count). The van der Waals surface area contributed by atoms with E-state index in [-0.39, 0.29) is 0 Å². The molecule has 0 atom stereocenters. The minimum absolute atomic E-state index is 0.590. The van der Waals surface area contributed by atoms with Crippen LogP contribution in [0.1, 0.15) is 22.3 Å². The van der Waals surface area contributed by atoms with E-state index in [1.165, 1.54) is 62.5 Å². The Morgan fingerprint density at radius 1 is 0.392 bits per heavy atom. The molecule has 51 heavy (non-hydrogen) atoms. The number of fused-ring (bicyclic) bond motifs is 5. The van der Waals surface area contributed by atoms with Crippen LogP contribution in [0.4, 0.5) is 0 Å². The van der Waals surface area contributed by atoms with E-state index in [0.29, 0.717) is 0 Å². The first-order valence-corrected chi connectivity index (χ1v) is 17.1. The highest BCUT2D eigenvalue weighted by molar-refractivity contribution is 6.10. The molecule has 0 unspecified atom stereocenters. The van der Waals surface area contributed by atoms with E-state index in [1.807, 2.05) is 0 Å². The number of rotatable bonds is 6. The first kappa shape index (κ1) is 29.2. The van der Waals surface area contributed by atoms with Gasteiger partial charge in [0, 0.05) is 11.1 Å². The van der Waals surface area contributed by atoms with Crippen molar-refractivity contribution in [3.63, 3.8) is 0 Å². The van der Waals surface area contributed by atoms with E-state index in [9.17, 15) is 0 Å². The summed E-state index contributed by atoms with van der Waals surface area (Å²) in [6.07, 6.45) is 6.49. The molecule has 1 aliphatic carbocycles. The number of oxazole rings is 2. The van der Waals surface area contributed by atoms with Crippen molar-refractivity contribution in [1.82, 2.24) is 9.97 Å². The highest BCUT2D eigenvalue weighted by Crippen LogP contribution is 2.59. The molecule has 9 aromatic rings. The van der Waals surface area contributed by atoms with Crippen LogP contribution in [0.3, 0.4) is 0 Å². The van der Waals surface area contributed by atoms with Gasteiger partial charge in [0.1, 0.15) is 0 Å². The van der Waals surface area contributed by atoms with Gasteiger partial charge in [0.05, 0.1) is 17.8 Å². The number of hydrogen-bond acceptors (Lipinski definition) is 4. The Balaban J connectivity index is 1.29. The maximum Gasteiger partial charge on any atom is 0.181 e. The molecular formula is C47H30N2O2. The molecule has 0 spiro atoms. The normalized spacial score (nSPS) is 12.9. The van der Waals surface area contributed by atoms with Gasteiger partial charge in [0.15, 0.2) is 24.3 Å². The number of hydrogen-bond donors (Lipinski definition) is 0. The standard InChI is InChI=1S/C47H30N2O2/c1-3-15-36(16-4-1)47(37-17-5-2-6-18-37)42-25-32(31-11-9-13-34(23-31)44-27-48-29-50-44)21-22-40(42)46-39-20-8-7-19-38(39)41(26-43(46)47)33-12-10-14-35(24-33)45-28-49-30-51-45/h1-30H. The zero-order valence-electron chi connectivity index (χ0n) is 27.5. The molecule has 240 valence electrons. The molecule has 0 saturated heterocycles. The van der Waals surface area contributed by atoms with Gasteiger partial charge in [-0.15, -0.1) is 0 Å². The molecule has 7 aromatic carbocycles. The van der Waals surface area contributed by atoms with Crippen molar-refractivity contribution in [3.8, 4) is 56.0 Å². The Morgan fingerprint density at radius 3 is 1.57 bits per heavy atom. The van der Waals surface area contributed by atoms with Crippen molar-refractivity contribution in [3.05, 3.63) is 205 Å². The monoisotopic (exact) mass is 654 g/mol. The van der Waals surface area contributed by atoms with E-state index in [2.05, 4.69) is 168 Å². The van der Waals surface area contributed by atoms with Gasteiger partial charge in [-0.05, 0) is 90.7 Å². The van der Waals surface area contributed by atoms with Gasteiger partial charge in [-0.1, -0.05) is 133 Å². The molecule has 0 fully saturated rings. The summed E-state index contributed by atoms with van der Waals surface area (Å²) in [6.45, 7) is 0. The van der Waals surface area contributed by atoms with Crippen molar-refractivity contribution >= 4 is 10.8 Å². The van der Waals surface area contributed by atoms with E-state index in [1.54, 1.807) is 12.4 Å². The largest absolute Gasteiger partial charge is 0.444 e. The lowest BCUT2D eigenvalue weighted by Crippen LogP contribution is -2.28. The topological polar surface area (TPSA) is 52.1 Å². The van der Waals surface area contributed by atoms with Crippen LogP contribution in [-0.4, -0.2) is 9.97 Å². The Hall–Kier alpha value is -6.78. The predicted molar refractivity (Wildman–Crippen MR) is 203 cm³/mol. The Morgan fingerprint density at radius 2 is 0.941 bits per heavy atom. The Bertz CT molecular complexity index is 2640. The van der Waals surface area contributed by atoms with Gasteiger partial charge in [-0.25, -0.2) is 9.97 Å². The SMILES string of the molecule is c1ccc(C2(c3ccccc3)c3cc(-c4cccc(-c5cnco5)c4)ccc3-c3c2cc(-c2cccc(-c4cnco4)c2)c2ccccc32)cc1. The number of aromatic nitrogens is 2. The predicted octanol–water partition coefficient (Wildman–Crippen LogP) is 11.8. The van der Waals surface area contributed by atoms with E-state index in [4.69, 9.17) is 8.83 Å². The van der Waals surface area contributed by atoms with Gasteiger partial charge in [0.25, 0.3) is 0 Å². The lowest BCUT2D eigenvalue weighted by Gasteiger charge is -2.34. The zero-order chi connectivity index (χ0) is 33.8. The third kappa shape index (κ3) is 4.54. The summed E-state index contributed by atoms with van der Waals surface area (Å²) in [7, 11) is 0. The summed E-state index contributed by atoms with van der Waals surface area (Å²) < 4.78 is 11.4. The van der Waals surface area contributed by atoms with Crippen LogP contribution in [0, 0.1) is 0 Å².